The summed E-state index contributed by atoms with van der Waals surface area (Å²) in [5, 5.41) is 2.35. The molecule has 0 radical (unpaired) electrons. The summed E-state index contributed by atoms with van der Waals surface area (Å²) in [6, 6.07) is 4.18. The third kappa shape index (κ3) is 5.62. The van der Waals surface area contributed by atoms with Gasteiger partial charge in [0.05, 0.1) is 5.75 Å². The second kappa shape index (κ2) is 6.95. The first kappa shape index (κ1) is 14.4. The molecule has 2 amide bonds. The van der Waals surface area contributed by atoms with Crippen molar-refractivity contribution in [1.82, 2.24) is 9.71 Å². The Morgan fingerprint density at radius 3 is 2.72 bits per heavy atom. The molecule has 1 rings (SSSR count). The van der Waals surface area contributed by atoms with Crippen molar-refractivity contribution in [2.75, 3.05) is 11.1 Å². The Balaban J connectivity index is 2.44. The average Bonchev–Trinajstić information content (AvgIpc) is 2.29. The van der Waals surface area contributed by atoms with Crippen LogP contribution in [0.4, 0.5) is 10.6 Å². The number of nitrogens with zero attached hydrogens (tertiary/aromatic N) is 1. The third-order valence-electron chi connectivity index (χ3n) is 2.17. The van der Waals surface area contributed by atoms with Gasteiger partial charge in [0.15, 0.2) is 0 Å². The van der Waals surface area contributed by atoms with Crippen LogP contribution < -0.4 is 10.0 Å². The summed E-state index contributed by atoms with van der Waals surface area (Å²) in [5.74, 6) is 0.259. The van der Waals surface area contributed by atoms with Gasteiger partial charge in [-0.25, -0.2) is 22.9 Å². The van der Waals surface area contributed by atoms with Gasteiger partial charge >= 0.3 is 6.03 Å². The van der Waals surface area contributed by atoms with Crippen LogP contribution in [-0.2, 0) is 10.0 Å². The number of unbranched alkanes of at least 4 members (excludes halogenated alkanes) is 2. The van der Waals surface area contributed by atoms with E-state index in [0.717, 1.165) is 12.8 Å². The molecule has 100 valence electrons. The highest BCUT2D eigenvalue weighted by Gasteiger charge is 2.14. The van der Waals surface area contributed by atoms with E-state index < -0.39 is 16.1 Å². The molecule has 2 N–H and O–H groups in total. The van der Waals surface area contributed by atoms with E-state index in [4.69, 9.17) is 0 Å². The normalized spacial score (nSPS) is 10.9. The molecule has 0 fully saturated rings. The number of carbonyl (C=O) groups is 1. The highest BCUT2D eigenvalue weighted by atomic mass is 32.2. The molecule has 0 aliphatic rings. The summed E-state index contributed by atoms with van der Waals surface area (Å²) in [5.41, 5.74) is 0. The van der Waals surface area contributed by atoms with Crippen molar-refractivity contribution < 1.29 is 13.2 Å². The number of rotatable bonds is 6. The van der Waals surface area contributed by atoms with Crippen molar-refractivity contribution >= 4 is 21.9 Å². The average molecular weight is 271 g/mol. The molecule has 1 aromatic rings. The first-order valence-corrected chi connectivity index (χ1v) is 7.41. The number of nitrogens with one attached hydrogen (secondary N) is 2. The van der Waals surface area contributed by atoms with Crippen LogP contribution in [0.15, 0.2) is 24.4 Å². The molecule has 0 atom stereocenters. The number of urea groups is 1. The molecule has 0 bridgehead atoms. The second-order valence-corrected chi connectivity index (χ2v) is 5.64. The second-order valence-electron chi connectivity index (χ2n) is 3.80. The molecule has 0 aliphatic carbocycles. The number of hydrogen-bond donors (Lipinski definition) is 2. The van der Waals surface area contributed by atoms with E-state index in [-0.39, 0.29) is 5.75 Å². The van der Waals surface area contributed by atoms with Gasteiger partial charge in [0, 0.05) is 6.20 Å². The van der Waals surface area contributed by atoms with Crippen LogP contribution in [0.2, 0.25) is 0 Å². The highest BCUT2D eigenvalue weighted by Crippen LogP contribution is 2.01. The Hall–Kier alpha value is -1.63. The number of aromatic nitrogens is 1. The highest BCUT2D eigenvalue weighted by molar-refractivity contribution is 7.90. The summed E-state index contributed by atoms with van der Waals surface area (Å²) >= 11 is 0. The van der Waals surface area contributed by atoms with Crippen molar-refractivity contribution in [2.45, 2.75) is 26.2 Å². The lowest BCUT2D eigenvalue weighted by Gasteiger charge is -2.07. The minimum absolute atomic E-state index is 0.0452. The molecule has 0 aliphatic heterocycles. The maximum Gasteiger partial charge on any atom is 0.334 e. The zero-order chi connectivity index (χ0) is 13.4. The van der Waals surface area contributed by atoms with Gasteiger partial charge in [-0.05, 0) is 18.6 Å². The van der Waals surface area contributed by atoms with Crippen molar-refractivity contribution in [3.8, 4) is 0 Å². The molecule has 0 saturated heterocycles. The van der Waals surface area contributed by atoms with Crippen molar-refractivity contribution in [2.24, 2.45) is 0 Å². The smallest absolute Gasteiger partial charge is 0.292 e. The van der Waals surface area contributed by atoms with E-state index in [1.807, 2.05) is 11.6 Å². The molecule has 0 saturated carbocycles. The van der Waals surface area contributed by atoms with Gasteiger partial charge in [-0.3, -0.25) is 5.32 Å². The predicted octanol–water partition coefficient (Wildman–Crippen LogP) is 1.72. The maximum atomic E-state index is 11.5. The molecule has 18 heavy (non-hydrogen) atoms. The molecule has 1 heterocycles. The lowest BCUT2D eigenvalue weighted by Crippen LogP contribution is -2.36. The van der Waals surface area contributed by atoms with Crippen LogP contribution in [0.3, 0.4) is 0 Å². The van der Waals surface area contributed by atoms with E-state index >= 15 is 0 Å². The number of pyridine rings is 1. The van der Waals surface area contributed by atoms with Crippen molar-refractivity contribution in [3.05, 3.63) is 24.4 Å². The van der Waals surface area contributed by atoms with Crippen molar-refractivity contribution in [1.29, 1.82) is 0 Å². The van der Waals surface area contributed by atoms with Crippen LogP contribution in [0.1, 0.15) is 26.2 Å². The number of sulfonamides is 1. The number of anilines is 1. The summed E-state index contributed by atoms with van der Waals surface area (Å²) < 4.78 is 25.0. The maximum absolute atomic E-state index is 11.5. The minimum Gasteiger partial charge on any atom is -0.292 e. The van der Waals surface area contributed by atoms with Crippen LogP contribution in [0.25, 0.3) is 0 Å². The lowest BCUT2D eigenvalue weighted by molar-refractivity contribution is 0.256. The molecule has 7 heteroatoms. The molecule has 1 aromatic heterocycles. The predicted molar refractivity (Wildman–Crippen MR) is 69.7 cm³/mol. The zero-order valence-electron chi connectivity index (χ0n) is 10.2. The summed E-state index contributed by atoms with van der Waals surface area (Å²) in [4.78, 5) is 15.3. The van der Waals surface area contributed by atoms with Gasteiger partial charge in [0.25, 0.3) is 0 Å². The number of amides is 2. The van der Waals surface area contributed by atoms with E-state index in [1.165, 1.54) is 6.20 Å². The van der Waals surface area contributed by atoms with Crippen LogP contribution in [0, 0.1) is 0 Å². The van der Waals surface area contributed by atoms with E-state index in [2.05, 4.69) is 10.3 Å². The van der Waals surface area contributed by atoms with E-state index in [0.29, 0.717) is 12.2 Å². The van der Waals surface area contributed by atoms with Gasteiger partial charge < -0.3 is 0 Å². The fourth-order valence-corrected chi connectivity index (χ4v) is 2.33. The molecule has 0 unspecified atom stereocenters. The van der Waals surface area contributed by atoms with E-state index in [9.17, 15) is 13.2 Å². The van der Waals surface area contributed by atoms with Crippen molar-refractivity contribution in [3.63, 3.8) is 0 Å². The Kier molecular flexibility index (Phi) is 5.57. The Bertz CT molecular complexity index is 474. The largest absolute Gasteiger partial charge is 0.334 e. The number of hydrogen-bond acceptors (Lipinski definition) is 4. The molecular weight excluding hydrogens is 254 g/mol. The topological polar surface area (TPSA) is 88.2 Å². The Morgan fingerprint density at radius 1 is 1.33 bits per heavy atom. The van der Waals surface area contributed by atoms with Crippen LogP contribution >= 0.6 is 0 Å². The first-order chi connectivity index (χ1) is 8.53. The Labute approximate surface area is 107 Å². The van der Waals surface area contributed by atoms with E-state index in [1.54, 1.807) is 18.2 Å². The molecule has 0 aromatic carbocycles. The SMILES string of the molecule is CCCCCS(=O)(=O)NC(=O)Nc1ccccn1. The monoisotopic (exact) mass is 271 g/mol. The fraction of sp³-hybridized carbons (Fsp3) is 0.455. The standard InChI is InChI=1S/C11H17N3O3S/c1-2-3-6-9-18(16,17)14-11(15)13-10-7-4-5-8-12-10/h4-5,7-8H,2-3,6,9H2,1H3,(H2,12,13,14,15). The summed E-state index contributed by atoms with van der Waals surface area (Å²) in [6.07, 6.45) is 3.80. The Morgan fingerprint density at radius 2 is 2.11 bits per heavy atom. The summed E-state index contributed by atoms with van der Waals surface area (Å²) in [6.45, 7) is 1.98. The van der Waals surface area contributed by atoms with Gasteiger partial charge in [-0.2, -0.15) is 0 Å². The van der Waals surface area contributed by atoms with Gasteiger partial charge in [-0.1, -0.05) is 25.8 Å². The van der Waals surface area contributed by atoms with Crippen LogP contribution in [0.5, 0.6) is 0 Å². The quantitative estimate of drug-likeness (QED) is 0.771. The fourth-order valence-electron chi connectivity index (χ4n) is 1.31. The lowest BCUT2D eigenvalue weighted by atomic mass is 10.3. The first-order valence-electron chi connectivity index (χ1n) is 5.76. The van der Waals surface area contributed by atoms with Crippen LogP contribution in [-0.4, -0.2) is 25.2 Å². The summed E-state index contributed by atoms with van der Waals surface area (Å²) in [7, 11) is -3.56. The van der Waals surface area contributed by atoms with Gasteiger partial charge in [0.2, 0.25) is 10.0 Å². The zero-order valence-corrected chi connectivity index (χ0v) is 11.0. The molecule has 0 spiro atoms. The minimum atomic E-state index is -3.56. The molecular formula is C11H17N3O3S. The van der Waals surface area contributed by atoms with Gasteiger partial charge in [0.1, 0.15) is 5.82 Å². The third-order valence-corrected chi connectivity index (χ3v) is 3.49. The number of carbonyl (C=O) groups excluding carboxylic acids is 1. The molecule has 6 nitrogen and oxygen atoms in total. The van der Waals surface area contributed by atoms with Gasteiger partial charge in [-0.15, -0.1) is 0 Å².